The van der Waals surface area contributed by atoms with Crippen LogP contribution in [0.3, 0.4) is 0 Å². The Balaban J connectivity index is 1.40. The van der Waals surface area contributed by atoms with Crippen LogP contribution < -0.4 is 10.6 Å². The van der Waals surface area contributed by atoms with Crippen molar-refractivity contribution in [2.45, 2.75) is 57.5 Å². The molecule has 206 valence electrons. The van der Waals surface area contributed by atoms with E-state index in [9.17, 15) is 9.59 Å². The van der Waals surface area contributed by atoms with Crippen molar-refractivity contribution in [3.05, 3.63) is 77.9 Å². The zero-order valence-electron chi connectivity index (χ0n) is 23.2. The standard InChI is InChI=1S/C31H40N6O2/c1-32-29(38)12-6-4-5-11-27(35-30(39)18-17-24-19-33-26-10-8-7-9-25(24)26)31-34-20-28(36-31)23-15-13-22(14-16-23)21-37(2)3/h7-10,13-16,19-20,27,33H,4-6,11-12,17-18,21H2,1-3H3,(H,32,38)(H,34,36)(H,35,39)/t27-/m0/s1. The van der Waals surface area contributed by atoms with Crippen molar-refractivity contribution in [1.29, 1.82) is 0 Å². The Morgan fingerprint density at radius 2 is 1.77 bits per heavy atom. The number of nitrogens with zero attached hydrogens (tertiary/aromatic N) is 2. The van der Waals surface area contributed by atoms with Crippen molar-refractivity contribution in [2.75, 3.05) is 21.1 Å². The van der Waals surface area contributed by atoms with Gasteiger partial charge in [0.05, 0.1) is 17.9 Å². The first-order chi connectivity index (χ1) is 18.9. The van der Waals surface area contributed by atoms with Gasteiger partial charge in [0, 0.05) is 43.5 Å². The molecule has 0 aliphatic carbocycles. The van der Waals surface area contributed by atoms with Gasteiger partial charge in [-0.25, -0.2) is 4.98 Å². The molecule has 2 heterocycles. The molecule has 0 spiro atoms. The molecule has 0 unspecified atom stereocenters. The molecule has 0 aliphatic heterocycles. The summed E-state index contributed by atoms with van der Waals surface area (Å²) in [6.07, 6.45) is 8.79. The van der Waals surface area contributed by atoms with Crippen LogP contribution in [0.5, 0.6) is 0 Å². The molecule has 2 aromatic carbocycles. The second kappa shape index (κ2) is 13.8. The van der Waals surface area contributed by atoms with E-state index in [-0.39, 0.29) is 17.9 Å². The Morgan fingerprint density at radius 1 is 0.974 bits per heavy atom. The van der Waals surface area contributed by atoms with Gasteiger partial charge in [0.15, 0.2) is 0 Å². The molecule has 8 heteroatoms. The molecule has 0 aliphatic rings. The Kier molecular flexibility index (Phi) is 9.91. The molecule has 0 saturated heterocycles. The number of hydrogen-bond donors (Lipinski definition) is 4. The van der Waals surface area contributed by atoms with Crippen molar-refractivity contribution >= 4 is 22.7 Å². The molecular formula is C31H40N6O2. The maximum atomic E-state index is 13.1. The molecule has 4 rings (SSSR count). The van der Waals surface area contributed by atoms with E-state index in [0.717, 1.165) is 65.8 Å². The van der Waals surface area contributed by atoms with Gasteiger partial charge in [-0.05, 0) is 56.1 Å². The molecule has 0 fully saturated rings. The summed E-state index contributed by atoms with van der Waals surface area (Å²) in [6, 6.07) is 16.4. The van der Waals surface area contributed by atoms with E-state index in [1.54, 1.807) is 7.05 Å². The average molecular weight is 529 g/mol. The lowest BCUT2D eigenvalue weighted by Crippen LogP contribution is -2.29. The first kappa shape index (κ1) is 28.1. The third-order valence-corrected chi connectivity index (χ3v) is 7.00. The van der Waals surface area contributed by atoms with E-state index in [4.69, 9.17) is 0 Å². The summed E-state index contributed by atoms with van der Waals surface area (Å²) < 4.78 is 0. The van der Waals surface area contributed by atoms with Gasteiger partial charge in [-0.1, -0.05) is 55.3 Å². The van der Waals surface area contributed by atoms with E-state index in [1.165, 1.54) is 5.56 Å². The maximum absolute atomic E-state index is 13.1. The Morgan fingerprint density at radius 3 is 2.54 bits per heavy atom. The van der Waals surface area contributed by atoms with Crippen LogP contribution in [-0.4, -0.2) is 52.8 Å². The monoisotopic (exact) mass is 528 g/mol. The van der Waals surface area contributed by atoms with Crippen molar-refractivity contribution in [3.8, 4) is 11.3 Å². The van der Waals surface area contributed by atoms with Crippen LogP contribution in [0.15, 0.2) is 60.9 Å². The summed E-state index contributed by atoms with van der Waals surface area (Å²) in [5, 5.41) is 7.05. The molecule has 4 N–H and O–H groups in total. The number of benzene rings is 2. The van der Waals surface area contributed by atoms with Gasteiger partial charge < -0.3 is 25.5 Å². The highest BCUT2D eigenvalue weighted by Gasteiger charge is 2.19. The minimum absolute atomic E-state index is 0.00151. The number of aromatic nitrogens is 3. The molecule has 0 radical (unpaired) electrons. The molecule has 39 heavy (non-hydrogen) atoms. The van der Waals surface area contributed by atoms with Crippen molar-refractivity contribution in [1.82, 2.24) is 30.5 Å². The summed E-state index contributed by atoms with van der Waals surface area (Å²) in [5.74, 6) is 0.820. The third kappa shape index (κ3) is 8.04. The SMILES string of the molecule is CNC(=O)CCCCC[C@H](NC(=O)CCc1c[nH]c2ccccc12)c1ncc(-c2ccc(CN(C)C)cc2)[nH]1. The van der Waals surface area contributed by atoms with Crippen LogP contribution in [0, 0.1) is 0 Å². The van der Waals surface area contributed by atoms with Gasteiger partial charge in [-0.2, -0.15) is 0 Å². The number of carbonyl (C=O) groups is 2. The number of fused-ring (bicyclic) bond motifs is 1. The first-order valence-electron chi connectivity index (χ1n) is 13.8. The molecule has 0 bridgehead atoms. The van der Waals surface area contributed by atoms with E-state index in [0.29, 0.717) is 19.3 Å². The fraction of sp³-hybridized carbons (Fsp3) is 0.387. The number of nitrogens with one attached hydrogen (secondary N) is 4. The van der Waals surface area contributed by atoms with E-state index < -0.39 is 0 Å². The third-order valence-electron chi connectivity index (χ3n) is 7.00. The molecule has 2 aromatic heterocycles. The smallest absolute Gasteiger partial charge is 0.220 e. The fourth-order valence-corrected chi connectivity index (χ4v) is 4.88. The lowest BCUT2D eigenvalue weighted by Gasteiger charge is -2.17. The van der Waals surface area contributed by atoms with Crippen molar-refractivity contribution < 1.29 is 9.59 Å². The molecule has 8 nitrogen and oxygen atoms in total. The second-order valence-electron chi connectivity index (χ2n) is 10.4. The minimum atomic E-state index is -0.220. The summed E-state index contributed by atoms with van der Waals surface area (Å²) in [7, 11) is 5.78. The summed E-state index contributed by atoms with van der Waals surface area (Å²) in [5.41, 5.74) is 5.47. The quantitative estimate of drug-likeness (QED) is 0.171. The van der Waals surface area contributed by atoms with E-state index >= 15 is 0 Å². The number of hydrogen-bond acceptors (Lipinski definition) is 4. The van der Waals surface area contributed by atoms with Crippen LogP contribution in [-0.2, 0) is 22.6 Å². The summed E-state index contributed by atoms with van der Waals surface area (Å²) >= 11 is 0. The van der Waals surface area contributed by atoms with Crippen LogP contribution in [0.4, 0.5) is 0 Å². The zero-order chi connectivity index (χ0) is 27.6. The molecule has 1 atom stereocenters. The number of H-pyrrole nitrogens is 2. The maximum Gasteiger partial charge on any atom is 0.220 e. The average Bonchev–Trinajstić information content (AvgIpc) is 3.59. The topological polar surface area (TPSA) is 106 Å². The van der Waals surface area contributed by atoms with Gasteiger partial charge in [-0.3, -0.25) is 9.59 Å². The van der Waals surface area contributed by atoms with Gasteiger partial charge in [-0.15, -0.1) is 0 Å². The molecule has 2 amide bonds. The summed E-state index contributed by atoms with van der Waals surface area (Å²) in [6.45, 7) is 0.890. The predicted octanol–water partition coefficient (Wildman–Crippen LogP) is 5.11. The normalized spacial score (nSPS) is 12.1. The second-order valence-corrected chi connectivity index (χ2v) is 10.4. The number of aromatic amines is 2. The van der Waals surface area contributed by atoms with Crippen LogP contribution >= 0.6 is 0 Å². The van der Waals surface area contributed by atoms with Crippen LogP contribution in [0.1, 0.15) is 61.5 Å². The molecular weight excluding hydrogens is 488 g/mol. The lowest BCUT2D eigenvalue weighted by molar-refractivity contribution is -0.122. The van der Waals surface area contributed by atoms with E-state index in [2.05, 4.69) is 74.9 Å². The predicted molar refractivity (Wildman–Crippen MR) is 156 cm³/mol. The number of unbranched alkanes of at least 4 members (excludes halogenated alkanes) is 2. The van der Waals surface area contributed by atoms with Gasteiger partial charge in [0.1, 0.15) is 5.82 Å². The van der Waals surface area contributed by atoms with Crippen LogP contribution in [0.2, 0.25) is 0 Å². The van der Waals surface area contributed by atoms with Gasteiger partial charge in [0.25, 0.3) is 0 Å². The Bertz CT molecular complexity index is 1350. The van der Waals surface area contributed by atoms with Gasteiger partial charge >= 0.3 is 0 Å². The highest BCUT2D eigenvalue weighted by molar-refractivity contribution is 5.84. The minimum Gasteiger partial charge on any atom is -0.361 e. The summed E-state index contributed by atoms with van der Waals surface area (Å²) in [4.78, 5) is 38.1. The fourth-order valence-electron chi connectivity index (χ4n) is 4.88. The molecule has 0 saturated carbocycles. The Labute approximate surface area is 230 Å². The van der Waals surface area contributed by atoms with Crippen molar-refractivity contribution in [3.63, 3.8) is 0 Å². The number of carbonyl (C=O) groups excluding carboxylic acids is 2. The number of rotatable bonds is 14. The largest absolute Gasteiger partial charge is 0.361 e. The van der Waals surface area contributed by atoms with Gasteiger partial charge in [0.2, 0.25) is 11.8 Å². The molecule has 4 aromatic rings. The number of para-hydroxylation sites is 1. The number of amides is 2. The van der Waals surface area contributed by atoms with Crippen molar-refractivity contribution in [2.24, 2.45) is 0 Å². The first-order valence-corrected chi connectivity index (χ1v) is 13.8. The highest BCUT2D eigenvalue weighted by Crippen LogP contribution is 2.24. The Hall–Kier alpha value is -3.91. The van der Waals surface area contributed by atoms with Crippen LogP contribution in [0.25, 0.3) is 22.2 Å². The zero-order valence-corrected chi connectivity index (χ0v) is 23.2. The number of aryl methyl sites for hydroxylation is 1. The number of imidazole rings is 1. The highest BCUT2D eigenvalue weighted by atomic mass is 16.2. The lowest BCUT2D eigenvalue weighted by atomic mass is 10.0. The van der Waals surface area contributed by atoms with E-state index in [1.807, 2.05) is 30.6 Å².